The van der Waals surface area contributed by atoms with Crippen molar-refractivity contribution in [2.45, 2.75) is 31.7 Å². The zero-order chi connectivity index (χ0) is 15.7. The Morgan fingerprint density at radius 3 is 2.71 bits per heavy atom. The first-order valence-corrected chi connectivity index (χ1v) is 9.35. The third kappa shape index (κ3) is 6.44. The van der Waals surface area contributed by atoms with Crippen molar-refractivity contribution in [3.8, 4) is 0 Å². The minimum Gasteiger partial charge on any atom is -0.382 e. The lowest BCUT2D eigenvalue weighted by atomic mass is 10.2. The van der Waals surface area contributed by atoms with Crippen LogP contribution >= 0.6 is 15.9 Å². The molecule has 0 fully saturated rings. The van der Waals surface area contributed by atoms with E-state index in [1.165, 1.54) is 0 Å². The lowest BCUT2D eigenvalue weighted by molar-refractivity contribution is 0.146. The Morgan fingerprint density at radius 1 is 1.29 bits per heavy atom. The van der Waals surface area contributed by atoms with Gasteiger partial charge in [-0.25, -0.2) is 13.1 Å². The predicted molar refractivity (Wildman–Crippen MR) is 87.8 cm³/mol. The maximum absolute atomic E-state index is 12.3. The second kappa shape index (κ2) is 9.53. The summed E-state index contributed by atoms with van der Waals surface area (Å²) in [5.41, 5.74) is 0.940. The molecule has 0 saturated carbocycles. The predicted octanol–water partition coefficient (Wildman–Crippen LogP) is 2.26. The fourth-order valence-corrected chi connectivity index (χ4v) is 3.82. The molecule has 0 heterocycles. The smallest absolute Gasteiger partial charge is 0.241 e. The van der Waals surface area contributed by atoms with Crippen LogP contribution in [0.3, 0.4) is 0 Å². The van der Waals surface area contributed by atoms with E-state index in [2.05, 4.69) is 26.0 Å². The van der Waals surface area contributed by atoms with Gasteiger partial charge in [-0.15, -0.1) is 0 Å². The van der Waals surface area contributed by atoms with Crippen molar-refractivity contribution in [1.82, 2.24) is 10.0 Å². The topological polar surface area (TPSA) is 67.4 Å². The lowest BCUT2D eigenvalue weighted by Gasteiger charge is -2.11. The van der Waals surface area contributed by atoms with Crippen molar-refractivity contribution in [2.24, 2.45) is 0 Å². The van der Waals surface area contributed by atoms with E-state index in [4.69, 9.17) is 4.74 Å². The molecule has 0 bridgehead atoms. The first-order chi connectivity index (χ1) is 10.0. The van der Waals surface area contributed by atoms with Gasteiger partial charge in [0.1, 0.15) is 0 Å². The molecule has 0 unspecified atom stereocenters. The van der Waals surface area contributed by atoms with Gasteiger partial charge >= 0.3 is 0 Å². The average molecular weight is 379 g/mol. The molecule has 0 aliphatic rings. The summed E-state index contributed by atoms with van der Waals surface area (Å²) in [6, 6.07) is 5.36. The Labute approximate surface area is 135 Å². The summed E-state index contributed by atoms with van der Waals surface area (Å²) in [6.07, 6.45) is 0.655. The van der Waals surface area contributed by atoms with Gasteiger partial charge in [0.05, 0.1) is 4.90 Å². The monoisotopic (exact) mass is 378 g/mol. The van der Waals surface area contributed by atoms with Crippen LogP contribution in [-0.4, -0.2) is 34.7 Å². The van der Waals surface area contributed by atoms with E-state index in [0.717, 1.165) is 12.1 Å². The highest BCUT2D eigenvalue weighted by Crippen LogP contribution is 2.23. The fraction of sp³-hybridized carbons (Fsp3) is 0.571. The van der Waals surface area contributed by atoms with Gasteiger partial charge in [-0.2, -0.15) is 0 Å². The molecule has 0 saturated heterocycles. The van der Waals surface area contributed by atoms with Gasteiger partial charge in [0.25, 0.3) is 0 Å². The number of rotatable bonds is 10. The Balaban J connectivity index is 2.72. The van der Waals surface area contributed by atoms with Gasteiger partial charge in [0.2, 0.25) is 10.0 Å². The van der Waals surface area contributed by atoms with Crippen LogP contribution in [0.1, 0.15) is 25.8 Å². The van der Waals surface area contributed by atoms with Crippen molar-refractivity contribution in [1.29, 1.82) is 0 Å². The fourth-order valence-electron chi connectivity index (χ4n) is 1.74. The molecule has 0 aliphatic heterocycles. The molecule has 1 aromatic carbocycles. The first-order valence-electron chi connectivity index (χ1n) is 7.07. The number of hydrogen-bond acceptors (Lipinski definition) is 4. The molecule has 0 amide bonds. The van der Waals surface area contributed by atoms with Gasteiger partial charge in [0.15, 0.2) is 0 Å². The number of ether oxygens (including phenoxy) is 1. The van der Waals surface area contributed by atoms with Crippen molar-refractivity contribution in [2.75, 3.05) is 26.3 Å². The summed E-state index contributed by atoms with van der Waals surface area (Å²) >= 11 is 3.30. The molecule has 0 atom stereocenters. The molecule has 120 valence electrons. The second-order valence-electron chi connectivity index (χ2n) is 4.49. The minimum atomic E-state index is -3.51. The lowest BCUT2D eigenvalue weighted by Crippen LogP contribution is -2.26. The normalized spacial score (nSPS) is 11.8. The average Bonchev–Trinajstić information content (AvgIpc) is 2.46. The van der Waals surface area contributed by atoms with E-state index in [0.29, 0.717) is 37.2 Å². The molecule has 0 aliphatic carbocycles. The van der Waals surface area contributed by atoms with E-state index in [1.807, 2.05) is 19.9 Å². The van der Waals surface area contributed by atoms with Crippen LogP contribution < -0.4 is 10.0 Å². The molecule has 21 heavy (non-hydrogen) atoms. The molecular formula is C14H23BrN2O3S. The maximum Gasteiger partial charge on any atom is 0.241 e. The molecule has 0 radical (unpaired) electrons. The molecule has 0 aromatic heterocycles. The van der Waals surface area contributed by atoms with Gasteiger partial charge < -0.3 is 10.1 Å². The van der Waals surface area contributed by atoms with E-state index >= 15 is 0 Å². The largest absolute Gasteiger partial charge is 0.382 e. The molecule has 1 aromatic rings. The highest BCUT2D eigenvalue weighted by Gasteiger charge is 2.17. The van der Waals surface area contributed by atoms with E-state index < -0.39 is 10.0 Å². The number of hydrogen-bond donors (Lipinski definition) is 2. The summed E-state index contributed by atoms with van der Waals surface area (Å²) in [5, 5.41) is 3.18. The van der Waals surface area contributed by atoms with Crippen molar-refractivity contribution in [3.05, 3.63) is 28.2 Å². The summed E-state index contributed by atoms with van der Waals surface area (Å²) in [5.74, 6) is 0. The summed E-state index contributed by atoms with van der Waals surface area (Å²) in [7, 11) is -3.51. The van der Waals surface area contributed by atoms with Crippen molar-refractivity contribution < 1.29 is 13.2 Å². The Kier molecular flexibility index (Phi) is 8.43. The molecular weight excluding hydrogens is 356 g/mol. The van der Waals surface area contributed by atoms with E-state index in [-0.39, 0.29) is 4.90 Å². The minimum absolute atomic E-state index is 0.273. The Hall–Kier alpha value is -0.470. The zero-order valence-electron chi connectivity index (χ0n) is 12.5. The molecule has 1 rings (SSSR count). The maximum atomic E-state index is 12.3. The Morgan fingerprint density at radius 2 is 2.05 bits per heavy atom. The van der Waals surface area contributed by atoms with Crippen molar-refractivity contribution >= 4 is 26.0 Å². The standard InChI is InChI=1S/C14H23BrN2O3S/c1-3-16-11-12-6-7-13(15)14(10-12)21(18,19)17-8-5-9-20-4-2/h6-7,10,16-17H,3-5,8-9,11H2,1-2H3. The van der Waals surface area contributed by atoms with Crippen LogP contribution in [0.5, 0.6) is 0 Å². The number of halogens is 1. The molecule has 0 spiro atoms. The Bertz CT molecular complexity index is 535. The van der Waals surface area contributed by atoms with Gasteiger partial charge in [-0.3, -0.25) is 0 Å². The molecule has 2 N–H and O–H groups in total. The highest BCUT2D eigenvalue weighted by molar-refractivity contribution is 9.10. The van der Waals surface area contributed by atoms with Crippen molar-refractivity contribution in [3.63, 3.8) is 0 Å². The zero-order valence-corrected chi connectivity index (χ0v) is 14.9. The van der Waals surface area contributed by atoms with Crippen LogP contribution in [0, 0.1) is 0 Å². The number of sulfonamides is 1. The van der Waals surface area contributed by atoms with E-state index in [1.54, 1.807) is 12.1 Å². The van der Waals surface area contributed by atoms with Crippen LogP contribution in [0.25, 0.3) is 0 Å². The van der Waals surface area contributed by atoms with Crippen LogP contribution in [-0.2, 0) is 21.3 Å². The third-order valence-electron chi connectivity index (χ3n) is 2.83. The SMILES string of the molecule is CCNCc1ccc(Br)c(S(=O)(=O)NCCCOCC)c1. The molecule has 7 heteroatoms. The van der Waals surface area contributed by atoms with Crippen LogP contribution in [0.4, 0.5) is 0 Å². The van der Waals surface area contributed by atoms with Gasteiger partial charge in [-0.1, -0.05) is 13.0 Å². The summed E-state index contributed by atoms with van der Waals surface area (Å²) in [4.78, 5) is 0.273. The summed E-state index contributed by atoms with van der Waals surface area (Å²) < 4.78 is 33.0. The number of benzene rings is 1. The second-order valence-corrected chi connectivity index (χ2v) is 7.08. The van der Waals surface area contributed by atoms with Gasteiger partial charge in [-0.05, 0) is 53.5 Å². The van der Waals surface area contributed by atoms with Crippen LogP contribution in [0.2, 0.25) is 0 Å². The molecule has 5 nitrogen and oxygen atoms in total. The number of nitrogens with one attached hydrogen (secondary N) is 2. The first kappa shape index (κ1) is 18.6. The van der Waals surface area contributed by atoms with Gasteiger partial charge in [0, 0.05) is 30.8 Å². The summed E-state index contributed by atoms with van der Waals surface area (Å²) in [6.45, 7) is 6.98. The quantitative estimate of drug-likeness (QED) is 0.612. The third-order valence-corrected chi connectivity index (χ3v) is 5.28. The highest BCUT2D eigenvalue weighted by atomic mass is 79.9. The van der Waals surface area contributed by atoms with Crippen LogP contribution in [0.15, 0.2) is 27.6 Å². The van der Waals surface area contributed by atoms with E-state index in [9.17, 15) is 8.42 Å².